The maximum atomic E-state index is 11.3. The van der Waals surface area contributed by atoms with Crippen molar-refractivity contribution in [3.8, 4) is 0 Å². The molecule has 1 amide bonds. The van der Waals surface area contributed by atoms with Gasteiger partial charge in [-0.1, -0.05) is 24.3 Å². The SMILES string of the molecule is O=C(O)/C=C/c1ccccc1CN1CCNC(=O)C1. The van der Waals surface area contributed by atoms with Crippen LogP contribution in [0.25, 0.3) is 6.08 Å². The highest BCUT2D eigenvalue weighted by molar-refractivity contribution is 5.85. The second-order valence-electron chi connectivity index (χ2n) is 4.43. The number of carbonyl (C=O) groups is 2. The van der Waals surface area contributed by atoms with Gasteiger partial charge in [-0.2, -0.15) is 0 Å². The van der Waals surface area contributed by atoms with Gasteiger partial charge in [-0.05, 0) is 17.2 Å². The number of carbonyl (C=O) groups excluding carboxylic acids is 1. The van der Waals surface area contributed by atoms with Gasteiger partial charge < -0.3 is 10.4 Å². The van der Waals surface area contributed by atoms with E-state index in [0.29, 0.717) is 19.6 Å². The minimum absolute atomic E-state index is 0.0322. The first kappa shape index (κ1) is 13.3. The number of hydrogen-bond donors (Lipinski definition) is 2. The monoisotopic (exact) mass is 260 g/mol. The number of benzene rings is 1. The normalized spacial score (nSPS) is 16.5. The van der Waals surface area contributed by atoms with Crippen LogP contribution in [-0.2, 0) is 16.1 Å². The number of carboxylic acid groups (broad SMARTS) is 1. The van der Waals surface area contributed by atoms with E-state index in [9.17, 15) is 9.59 Å². The smallest absolute Gasteiger partial charge is 0.328 e. The molecule has 1 aliphatic heterocycles. The molecule has 0 bridgehead atoms. The van der Waals surface area contributed by atoms with Gasteiger partial charge in [-0.3, -0.25) is 9.69 Å². The van der Waals surface area contributed by atoms with Crippen LogP contribution < -0.4 is 5.32 Å². The van der Waals surface area contributed by atoms with E-state index in [1.807, 2.05) is 29.2 Å². The average molecular weight is 260 g/mol. The van der Waals surface area contributed by atoms with E-state index in [2.05, 4.69) is 5.32 Å². The zero-order chi connectivity index (χ0) is 13.7. The zero-order valence-corrected chi connectivity index (χ0v) is 10.5. The van der Waals surface area contributed by atoms with Crippen molar-refractivity contribution < 1.29 is 14.7 Å². The van der Waals surface area contributed by atoms with Gasteiger partial charge in [0.2, 0.25) is 5.91 Å². The molecule has 1 aliphatic rings. The first-order chi connectivity index (χ1) is 9.15. The van der Waals surface area contributed by atoms with Crippen molar-refractivity contribution in [1.82, 2.24) is 10.2 Å². The van der Waals surface area contributed by atoms with Crippen LogP contribution in [0.1, 0.15) is 11.1 Å². The molecule has 0 aliphatic carbocycles. The number of amides is 1. The maximum absolute atomic E-state index is 11.3. The molecule has 1 aromatic rings. The van der Waals surface area contributed by atoms with Crippen molar-refractivity contribution >= 4 is 18.0 Å². The molecule has 2 rings (SSSR count). The molecule has 0 radical (unpaired) electrons. The highest BCUT2D eigenvalue weighted by Gasteiger charge is 2.16. The summed E-state index contributed by atoms with van der Waals surface area (Å²) in [6, 6.07) is 7.61. The fourth-order valence-electron chi connectivity index (χ4n) is 2.07. The summed E-state index contributed by atoms with van der Waals surface area (Å²) in [4.78, 5) is 23.9. The van der Waals surface area contributed by atoms with Gasteiger partial charge in [0, 0.05) is 25.7 Å². The highest BCUT2D eigenvalue weighted by Crippen LogP contribution is 2.14. The number of piperazine rings is 1. The van der Waals surface area contributed by atoms with Crippen molar-refractivity contribution in [3.05, 3.63) is 41.5 Å². The first-order valence-corrected chi connectivity index (χ1v) is 6.13. The third-order valence-electron chi connectivity index (χ3n) is 2.97. The lowest BCUT2D eigenvalue weighted by Gasteiger charge is -2.26. The topological polar surface area (TPSA) is 69.6 Å². The Hall–Kier alpha value is -2.14. The van der Waals surface area contributed by atoms with Crippen LogP contribution in [0.5, 0.6) is 0 Å². The number of hydrogen-bond acceptors (Lipinski definition) is 3. The van der Waals surface area contributed by atoms with Gasteiger partial charge in [-0.25, -0.2) is 4.79 Å². The average Bonchev–Trinajstić information content (AvgIpc) is 2.38. The predicted molar refractivity (Wildman–Crippen MR) is 71.4 cm³/mol. The van der Waals surface area contributed by atoms with Gasteiger partial charge >= 0.3 is 5.97 Å². The van der Waals surface area contributed by atoms with Crippen LogP contribution in [0, 0.1) is 0 Å². The van der Waals surface area contributed by atoms with Crippen LogP contribution in [0.2, 0.25) is 0 Å². The Kier molecular flexibility index (Phi) is 4.30. The quantitative estimate of drug-likeness (QED) is 0.782. The van der Waals surface area contributed by atoms with Crippen molar-refractivity contribution in [1.29, 1.82) is 0 Å². The van der Waals surface area contributed by atoms with Crippen molar-refractivity contribution in [3.63, 3.8) is 0 Å². The maximum Gasteiger partial charge on any atom is 0.328 e. The summed E-state index contributed by atoms with van der Waals surface area (Å²) in [6.45, 7) is 2.50. The molecule has 1 heterocycles. The summed E-state index contributed by atoms with van der Waals surface area (Å²) >= 11 is 0. The fourth-order valence-corrected chi connectivity index (χ4v) is 2.07. The minimum Gasteiger partial charge on any atom is -0.478 e. The molecular formula is C14H16N2O3. The van der Waals surface area contributed by atoms with E-state index >= 15 is 0 Å². The number of nitrogens with zero attached hydrogens (tertiary/aromatic N) is 1. The first-order valence-electron chi connectivity index (χ1n) is 6.13. The number of nitrogens with one attached hydrogen (secondary N) is 1. The Balaban J connectivity index is 2.11. The minimum atomic E-state index is -0.966. The van der Waals surface area contributed by atoms with Gasteiger partial charge in [0.15, 0.2) is 0 Å². The van der Waals surface area contributed by atoms with E-state index in [1.54, 1.807) is 6.08 Å². The van der Waals surface area contributed by atoms with Crippen LogP contribution in [0.4, 0.5) is 0 Å². The highest BCUT2D eigenvalue weighted by atomic mass is 16.4. The lowest BCUT2D eigenvalue weighted by atomic mass is 10.1. The third-order valence-corrected chi connectivity index (χ3v) is 2.97. The molecule has 0 spiro atoms. The molecule has 0 aromatic heterocycles. The predicted octanol–water partition coefficient (Wildman–Crippen LogP) is 0.716. The van der Waals surface area contributed by atoms with Crippen LogP contribution in [-0.4, -0.2) is 41.5 Å². The largest absolute Gasteiger partial charge is 0.478 e. The Morgan fingerprint density at radius 1 is 1.42 bits per heavy atom. The summed E-state index contributed by atoms with van der Waals surface area (Å²) in [5.41, 5.74) is 1.89. The molecule has 1 aromatic carbocycles. The Morgan fingerprint density at radius 2 is 2.21 bits per heavy atom. The Labute approximate surface area is 111 Å². The van der Waals surface area contributed by atoms with Crippen molar-refractivity contribution in [2.45, 2.75) is 6.54 Å². The Morgan fingerprint density at radius 3 is 2.95 bits per heavy atom. The molecule has 2 N–H and O–H groups in total. The summed E-state index contributed by atoms with van der Waals surface area (Å²) in [7, 11) is 0. The molecule has 19 heavy (non-hydrogen) atoms. The van der Waals surface area contributed by atoms with E-state index < -0.39 is 5.97 Å². The van der Waals surface area contributed by atoms with Crippen LogP contribution in [0.15, 0.2) is 30.3 Å². The second-order valence-corrected chi connectivity index (χ2v) is 4.43. The van der Waals surface area contributed by atoms with Crippen molar-refractivity contribution in [2.24, 2.45) is 0 Å². The standard InChI is InChI=1S/C14H16N2O3/c17-13-10-16(8-7-15-13)9-12-4-2-1-3-11(12)5-6-14(18)19/h1-6H,7-10H2,(H,15,17)(H,18,19)/b6-5+. The Bertz CT molecular complexity index is 511. The van der Waals surface area contributed by atoms with Gasteiger partial charge in [0.05, 0.1) is 6.54 Å². The summed E-state index contributed by atoms with van der Waals surface area (Å²) < 4.78 is 0. The number of carboxylic acids is 1. The zero-order valence-electron chi connectivity index (χ0n) is 10.5. The molecule has 5 nitrogen and oxygen atoms in total. The van der Waals surface area contributed by atoms with Crippen LogP contribution >= 0.6 is 0 Å². The summed E-state index contributed by atoms with van der Waals surface area (Å²) in [6.07, 6.45) is 2.71. The number of rotatable bonds is 4. The lowest BCUT2D eigenvalue weighted by molar-refractivity contribution is -0.131. The van der Waals surface area contributed by atoms with E-state index in [1.165, 1.54) is 0 Å². The molecule has 0 unspecified atom stereocenters. The second kappa shape index (κ2) is 6.15. The van der Waals surface area contributed by atoms with Gasteiger partial charge in [0.1, 0.15) is 0 Å². The van der Waals surface area contributed by atoms with E-state index in [-0.39, 0.29) is 5.91 Å². The molecule has 1 saturated heterocycles. The molecule has 0 saturated carbocycles. The lowest BCUT2D eigenvalue weighted by Crippen LogP contribution is -2.47. The molecule has 100 valence electrons. The molecule has 0 atom stereocenters. The van der Waals surface area contributed by atoms with Crippen molar-refractivity contribution in [2.75, 3.05) is 19.6 Å². The summed E-state index contributed by atoms with van der Waals surface area (Å²) in [5.74, 6) is -0.933. The fraction of sp³-hybridized carbons (Fsp3) is 0.286. The molecule has 1 fully saturated rings. The number of aliphatic carboxylic acids is 1. The van der Waals surface area contributed by atoms with E-state index in [0.717, 1.165) is 23.7 Å². The summed E-state index contributed by atoms with van der Waals surface area (Å²) in [5, 5.41) is 11.5. The third kappa shape index (κ3) is 3.93. The van der Waals surface area contributed by atoms with Crippen LogP contribution in [0.3, 0.4) is 0 Å². The molecular weight excluding hydrogens is 244 g/mol. The van der Waals surface area contributed by atoms with E-state index in [4.69, 9.17) is 5.11 Å². The van der Waals surface area contributed by atoms with Gasteiger partial charge in [-0.15, -0.1) is 0 Å². The van der Waals surface area contributed by atoms with Gasteiger partial charge in [0.25, 0.3) is 0 Å². The molecule has 5 heteroatoms.